The van der Waals surface area contributed by atoms with Gasteiger partial charge in [0.25, 0.3) is 0 Å². The smallest absolute Gasteiger partial charge is 0.489 e. The Bertz CT molecular complexity index is 405. The zero-order valence-corrected chi connectivity index (χ0v) is 8.78. The third kappa shape index (κ3) is 3.16. The fraction of sp³-hybridized carbons (Fsp3) is 0.111. The summed E-state index contributed by atoms with van der Waals surface area (Å²) in [4.78, 5) is 0. The molecule has 0 aliphatic carbocycles. The Morgan fingerprint density at radius 2 is 2.00 bits per heavy atom. The highest BCUT2D eigenvalue weighted by Gasteiger charge is 2.27. The van der Waals surface area contributed by atoms with Crippen molar-refractivity contribution in [3.63, 3.8) is 0 Å². The molecule has 0 amide bonds. The Morgan fingerprint density at radius 3 is 2.56 bits per heavy atom. The summed E-state index contributed by atoms with van der Waals surface area (Å²) in [7, 11) is 0. The van der Waals surface area contributed by atoms with Crippen molar-refractivity contribution in [2.24, 2.45) is 0 Å². The first kappa shape index (κ1) is 12.9. The summed E-state index contributed by atoms with van der Waals surface area (Å²) >= 11 is 5.42. The standard InChI is InChI=1S/C9H7BClF4O/c1-6(10(13,14)15)5-16-8-4-2-3-7(11)9(8)12/h2-4H,1,5H2/q-1. The molecule has 1 aromatic carbocycles. The molecule has 0 heterocycles. The van der Waals surface area contributed by atoms with Crippen LogP contribution in [0.15, 0.2) is 30.3 Å². The van der Waals surface area contributed by atoms with Crippen molar-refractivity contribution in [1.29, 1.82) is 0 Å². The molecule has 0 aromatic heterocycles. The van der Waals surface area contributed by atoms with Crippen molar-refractivity contribution in [2.75, 3.05) is 6.61 Å². The van der Waals surface area contributed by atoms with Gasteiger partial charge in [0.2, 0.25) is 0 Å². The van der Waals surface area contributed by atoms with Gasteiger partial charge in [0.15, 0.2) is 11.6 Å². The van der Waals surface area contributed by atoms with Gasteiger partial charge in [-0.15, -0.1) is 12.1 Å². The lowest BCUT2D eigenvalue weighted by molar-refractivity contribution is 0.328. The first-order chi connectivity index (χ1) is 7.32. The largest absolute Gasteiger partial charge is 0.508 e. The van der Waals surface area contributed by atoms with E-state index in [0.717, 1.165) is 0 Å². The van der Waals surface area contributed by atoms with Crippen LogP contribution in [0.1, 0.15) is 0 Å². The molecule has 0 N–H and O–H groups in total. The Morgan fingerprint density at radius 1 is 1.38 bits per heavy atom. The van der Waals surface area contributed by atoms with Gasteiger partial charge in [0.1, 0.15) is 0 Å². The minimum Gasteiger partial charge on any atom is -0.489 e. The first-order valence-electron chi connectivity index (χ1n) is 4.27. The summed E-state index contributed by atoms with van der Waals surface area (Å²) in [5.74, 6) is -1.21. The lowest BCUT2D eigenvalue weighted by Crippen LogP contribution is -2.23. The topological polar surface area (TPSA) is 9.23 Å². The van der Waals surface area contributed by atoms with Crippen LogP contribution < -0.4 is 4.74 Å². The fourth-order valence-corrected chi connectivity index (χ4v) is 1.03. The highest BCUT2D eigenvalue weighted by atomic mass is 35.5. The minimum atomic E-state index is -5.16. The Hall–Kier alpha value is -1.17. The number of ether oxygens (including phenoxy) is 1. The monoisotopic (exact) mass is 253 g/mol. The molecule has 1 aromatic rings. The molecule has 0 unspecified atom stereocenters. The first-order valence-corrected chi connectivity index (χ1v) is 4.64. The molecule has 0 atom stereocenters. The lowest BCUT2D eigenvalue weighted by atomic mass is 9.81. The molecule has 0 spiro atoms. The van der Waals surface area contributed by atoms with E-state index in [-0.39, 0.29) is 10.8 Å². The molecule has 0 aliphatic rings. The third-order valence-electron chi connectivity index (χ3n) is 1.79. The molecule has 1 nitrogen and oxygen atoms in total. The summed E-state index contributed by atoms with van der Waals surface area (Å²) in [6, 6.07) is 3.84. The fourth-order valence-electron chi connectivity index (χ4n) is 0.860. The van der Waals surface area contributed by atoms with Crippen molar-refractivity contribution in [3.05, 3.63) is 41.1 Å². The molecule has 0 aliphatic heterocycles. The minimum absolute atomic E-state index is 0.208. The van der Waals surface area contributed by atoms with E-state index in [9.17, 15) is 17.3 Å². The molecule has 0 radical (unpaired) electrons. The highest BCUT2D eigenvalue weighted by molar-refractivity contribution is 6.66. The van der Waals surface area contributed by atoms with Gasteiger partial charge in [-0.05, 0) is 12.1 Å². The van der Waals surface area contributed by atoms with Crippen molar-refractivity contribution >= 4 is 18.6 Å². The van der Waals surface area contributed by atoms with Gasteiger partial charge in [-0.1, -0.05) is 17.7 Å². The summed E-state index contributed by atoms with van der Waals surface area (Å²) in [6.45, 7) is -3.15. The maximum atomic E-state index is 13.2. The molecule has 0 saturated carbocycles. The lowest BCUT2D eigenvalue weighted by Gasteiger charge is -2.18. The van der Waals surface area contributed by atoms with E-state index in [1.807, 2.05) is 0 Å². The van der Waals surface area contributed by atoms with E-state index in [1.54, 1.807) is 0 Å². The van der Waals surface area contributed by atoms with Crippen LogP contribution in [0.5, 0.6) is 5.75 Å². The van der Waals surface area contributed by atoms with Crippen LogP contribution in [0.25, 0.3) is 0 Å². The van der Waals surface area contributed by atoms with E-state index >= 15 is 0 Å². The normalized spacial score (nSPS) is 11.3. The number of benzene rings is 1. The van der Waals surface area contributed by atoms with Crippen molar-refractivity contribution in [1.82, 2.24) is 0 Å². The predicted molar refractivity (Wildman–Crippen MR) is 55.1 cm³/mol. The second-order valence-electron chi connectivity index (χ2n) is 3.07. The average molecular weight is 253 g/mol. The van der Waals surface area contributed by atoms with Gasteiger partial charge < -0.3 is 17.7 Å². The van der Waals surface area contributed by atoms with E-state index in [4.69, 9.17) is 11.6 Å². The van der Waals surface area contributed by atoms with E-state index in [0.29, 0.717) is 0 Å². The maximum absolute atomic E-state index is 13.2. The molecule has 1 rings (SSSR count). The van der Waals surface area contributed by atoms with Crippen LogP contribution in [0, 0.1) is 5.82 Å². The highest BCUT2D eigenvalue weighted by Crippen LogP contribution is 2.25. The molecule has 7 heteroatoms. The zero-order chi connectivity index (χ0) is 12.3. The van der Waals surface area contributed by atoms with Gasteiger partial charge in [-0.25, -0.2) is 4.39 Å². The number of rotatable bonds is 4. The molecular weight excluding hydrogens is 246 g/mol. The molecule has 0 bridgehead atoms. The maximum Gasteiger partial charge on any atom is 0.508 e. The van der Waals surface area contributed by atoms with Gasteiger partial charge in [0.05, 0.1) is 11.6 Å². The molecule has 88 valence electrons. The van der Waals surface area contributed by atoms with Crippen LogP contribution in [0.2, 0.25) is 5.02 Å². The Balaban J connectivity index is 2.69. The molecule has 0 fully saturated rings. The number of hydrogen-bond acceptors (Lipinski definition) is 1. The van der Waals surface area contributed by atoms with Crippen LogP contribution in [0.3, 0.4) is 0 Å². The van der Waals surface area contributed by atoms with E-state index < -0.39 is 24.9 Å². The summed E-state index contributed by atoms with van der Waals surface area (Å²) < 4.78 is 54.1. The van der Waals surface area contributed by atoms with Crippen molar-refractivity contribution in [3.8, 4) is 5.75 Å². The van der Waals surface area contributed by atoms with Crippen molar-refractivity contribution in [2.45, 2.75) is 0 Å². The Labute approximate surface area is 94.7 Å². The van der Waals surface area contributed by atoms with E-state index in [2.05, 4.69) is 11.3 Å². The van der Waals surface area contributed by atoms with Crippen LogP contribution >= 0.6 is 11.6 Å². The molecule has 16 heavy (non-hydrogen) atoms. The molecular formula is C9H7BClF4O-. The van der Waals surface area contributed by atoms with Crippen LogP contribution in [0.4, 0.5) is 17.3 Å². The van der Waals surface area contributed by atoms with Gasteiger partial charge in [-0.2, -0.15) is 0 Å². The second kappa shape index (κ2) is 4.78. The van der Waals surface area contributed by atoms with Gasteiger partial charge >= 0.3 is 6.98 Å². The Kier molecular flexibility index (Phi) is 3.85. The quantitative estimate of drug-likeness (QED) is 0.586. The SMILES string of the molecule is C=C(COc1cccc(Cl)c1F)[B-](F)(F)F. The average Bonchev–Trinajstić information content (AvgIpc) is 2.18. The van der Waals surface area contributed by atoms with Gasteiger partial charge in [0, 0.05) is 0 Å². The summed E-state index contributed by atoms with van der Waals surface area (Å²) in [6.07, 6.45) is 0. The third-order valence-corrected chi connectivity index (χ3v) is 2.08. The van der Waals surface area contributed by atoms with Crippen LogP contribution in [-0.2, 0) is 0 Å². The zero-order valence-electron chi connectivity index (χ0n) is 8.02. The molecule has 0 saturated heterocycles. The summed E-state index contributed by atoms with van der Waals surface area (Å²) in [5.41, 5.74) is -1.03. The van der Waals surface area contributed by atoms with Gasteiger partial charge in [-0.3, -0.25) is 0 Å². The summed E-state index contributed by atoms with van der Waals surface area (Å²) in [5, 5.41) is -0.208. The van der Waals surface area contributed by atoms with Crippen molar-refractivity contribution < 1.29 is 22.1 Å². The van der Waals surface area contributed by atoms with Crippen LogP contribution in [-0.4, -0.2) is 13.6 Å². The number of halogens is 5. The van der Waals surface area contributed by atoms with E-state index in [1.165, 1.54) is 18.2 Å². The second-order valence-corrected chi connectivity index (χ2v) is 3.48. The predicted octanol–water partition coefficient (Wildman–Crippen LogP) is 3.80. The number of hydrogen-bond donors (Lipinski definition) is 0.